The second-order valence-electron chi connectivity index (χ2n) is 23.2. The molecular formula is C58H118N22O8. The van der Waals surface area contributed by atoms with Crippen molar-refractivity contribution >= 4 is 41.4 Å². The lowest BCUT2D eigenvalue weighted by atomic mass is 10.1. The zero-order valence-electron chi connectivity index (χ0n) is 53.3. The standard InChI is InChI=1S/C58H118N22O8/c81-52(45-77-37-29-63-21-13-59-14-22-64-30-38-77)71-10-4-1-7-49(74-54(83)47-79-41-33-67-25-17-61-18-26-68-34-42-79)56(85)73-12-6-3-9-51(58(87)88)76-57(86)50(75-55(84)48-80-43-35-69-27-19-62-20-28-70-36-44-80)8-2-5-11-72-53(82)46-78-39-31-65-23-15-60-16-24-66-32-40-78/h49-51,59-70H,1-48H2,(H,71,81)(H,72,82)(H,73,85)(H,74,83)(H,75,84)(H,76,86)(H,87,88)/t49-,50-,51-/m0/s1. The average Bonchev–Trinajstić information content (AvgIpc) is 3.53. The Balaban J connectivity index is 1.31. The van der Waals surface area contributed by atoms with Crippen LogP contribution < -0.4 is 95.7 Å². The van der Waals surface area contributed by atoms with Gasteiger partial charge in [-0.25, -0.2) is 4.79 Å². The van der Waals surface area contributed by atoms with Gasteiger partial charge in [0.15, 0.2) is 0 Å². The molecule has 508 valence electrons. The normalized spacial score (nSPS) is 20.6. The molecule has 30 nitrogen and oxygen atoms in total. The number of hydrogen-bond donors (Lipinski definition) is 19. The molecule has 0 aromatic carbocycles. The van der Waals surface area contributed by atoms with Crippen LogP contribution in [0.1, 0.15) is 57.8 Å². The third-order valence-corrected chi connectivity index (χ3v) is 15.8. The monoisotopic (exact) mass is 1250 g/mol. The van der Waals surface area contributed by atoms with Crippen LogP contribution in [0, 0.1) is 0 Å². The molecule has 4 aliphatic rings. The summed E-state index contributed by atoms with van der Waals surface area (Å²) in [6.45, 7) is 26.7. The van der Waals surface area contributed by atoms with Crippen LogP contribution in [-0.4, -0.2) is 339 Å². The molecule has 0 radical (unpaired) electrons. The van der Waals surface area contributed by atoms with Crippen molar-refractivity contribution in [2.24, 2.45) is 0 Å². The largest absolute Gasteiger partial charge is 0.480 e. The van der Waals surface area contributed by atoms with Crippen molar-refractivity contribution in [1.82, 2.24) is 115 Å². The van der Waals surface area contributed by atoms with E-state index in [1.807, 2.05) is 4.90 Å². The number of rotatable bonds is 29. The first-order chi connectivity index (χ1) is 43.0. The van der Waals surface area contributed by atoms with Crippen molar-refractivity contribution in [2.75, 3.05) is 255 Å². The molecule has 6 amide bonds. The Morgan fingerprint density at radius 3 is 0.807 bits per heavy atom. The molecule has 0 aromatic heterocycles. The summed E-state index contributed by atoms with van der Waals surface area (Å²) in [6, 6.07) is -3.13. The van der Waals surface area contributed by atoms with E-state index in [-0.39, 0.29) is 75.1 Å². The predicted octanol–water partition coefficient (Wildman–Crippen LogP) is -8.28. The van der Waals surface area contributed by atoms with Gasteiger partial charge < -0.3 is 101 Å². The number of carboxylic acid groups (broad SMARTS) is 1. The van der Waals surface area contributed by atoms with Gasteiger partial charge in [0.25, 0.3) is 0 Å². The van der Waals surface area contributed by atoms with E-state index >= 15 is 0 Å². The van der Waals surface area contributed by atoms with E-state index < -0.39 is 30.0 Å². The first kappa shape index (κ1) is 76.1. The molecule has 4 rings (SSSR count). The van der Waals surface area contributed by atoms with Crippen LogP contribution in [0.2, 0.25) is 0 Å². The summed E-state index contributed by atoms with van der Waals surface area (Å²) < 4.78 is 0. The second kappa shape index (κ2) is 51.3. The highest BCUT2D eigenvalue weighted by molar-refractivity contribution is 5.91. The minimum absolute atomic E-state index is 0.0529. The summed E-state index contributed by atoms with van der Waals surface area (Å²) in [5.74, 6) is -2.95. The van der Waals surface area contributed by atoms with Gasteiger partial charge in [0.2, 0.25) is 35.4 Å². The van der Waals surface area contributed by atoms with Crippen molar-refractivity contribution < 1.29 is 38.7 Å². The summed E-state index contributed by atoms with van der Waals surface area (Å²) in [7, 11) is 0. The Morgan fingerprint density at radius 2 is 0.523 bits per heavy atom. The highest BCUT2D eigenvalue weighted by Crippen LogP contribution is 2.08. The first-order valence-electron chi connectivity index (χ1n) is 33.4. The lowest BCUT2D eigenvalue weighted by molar-refractivity contribution is -0.142. The van der Waals surface area contributed by atoms with Gasteiger partial charge in [0.1, 0.15) is 18.1 Å². The van der Waals surface area contributed by atoms with Crippen molar-refractivity contribution in [2.45, 2.75) is 75.9 Å². The molecule has 0 spiro atoms. The number of hydrogen-bond acceptors (Lipinski definition) is 23. The van der Waals surface area contributed by atoms with Crippen molar-refractivity contribution in [3.8, 4) is 0 Å². The fourth-order valence-electron chi connectivity index (χ4n) is 10.6. The Labute approximate surface area is 524 Å². The second-order valence-corrected chi connectivity index (χ2v) is 23.2. The third kappa shape index (κ3) is 39.7. The average molecular weight is 1250 g/mol. The summed E-state index contributed by atoms with van der Waals surface area (Å²) in [4.78, 5) is 103. The Bertz CT molecular complexity index is 1840. The molecule has 0 saturated carbocycles. The van der Waals surface area contributed by atoms with E-state index in [1.165, 1.54) is 0 Å². The van der Waals surface area contributed by atoms with Crippen LogP contribution in [0.5, 0.6) is 0 Å². The van der Waals surface area contributed by atoms with Gasteiger partial charge in [-0.3, -0.25) is 48.4 Å². The number of carbonyl (C=O) groups is 7. The van der Waals surface area contributed by atoms with Gasteiger partial charge in [-0.15, -0.1) is 0 Å². The van der Waals surface area contributed by atoms with E-state index in [0.717, 1.165) is 157 Å². The van der Waals surface area contributed by atoms with E-state index in [1.54, 1.807) is 0 Å². The highest BCUT2D eigenvalue weighted by Gasteiger charge is 2.28. The fourth-order valence-corrected chi connectivity index (χ4v) is 10.6. The Morgan fingerprint density at radius 1 is 0.284 bits per heavy atom. The quantitative estimate of drug-likeness (QED) is 0.0309. The molecular weight excluding hydrogens is 1130 g/mol. The molecule has 88 heavy (non-hydrogen) atoms. The molecule has 0 bridgehead atoms. The molecule has 3 atom stereocenters. The van der Waals surface area contributed by atoms with Gasteiger partial charge in [0.05, 0.1) is 26.2 Å². The lowest BCUT2D eigenvalue weighted by Gasteiger charge is -2.26. The van der Waals surface area contributed by atoms with Crippen LogP contribution >= 0.6 is 0 Å². The summed E-state index contributed by atoms with van der Waals surface area (Å²) in [5, 5.41) is 68.9. The minimum Gasteiger partial charge on any atom is -0.480 e. The maximum Gasteiger partial charge on any atom is 0.326 e. The molecule has 0 unspecified atom stereocenters. The number of carboxylic acids is 1. The number of unbranched alkanes of at least 4 members (excludes halogenated alkanes) is 3. The number of carbonyl (C=O) groups excluding carboxylic acids is 6. The van der Waals surface area contributed by atoms with E-state index in [4.69, 9.17) is 0 Å². The molecule has 4 saturated heterocycles. The summed E-state index contributed by atoms with van der Waals surface area (Å²) >= 11 is 0. The van der Waals surface area contributed by atoms with Crippen LogP contribution in [-0.2, 0) is 33.6 Å². The van der Waals surface area contributed by atoms with Crippen LogP contribution in [0.3, 0.4) is 0 Å². The number of aliphatic carboxylic acids is 1. The molecule has 4 fully saturated rings. The van der Waals surface area contributed by atoms with E-state index in [2.05, 4.69) is 110 Å². The zero-order valence-corrected chi connectivity index (χ0v) is 53.3. The van der Waals surface area contributed by atoms with Crippen LogP contribution in [0.25, 0.3) is 0 Å². The van der Waals surface area contributed by atoms with Crippen molar-refractivity contribution in [3.63, 3.8) is 0 Å². The SMILES string of the molecule is O=C(CN1CCNCCNCCNCC1)NCCCC[C@H](NC(=O)CN1CCNCCNCCNCC1)C(=O)NCCCC[C@H](NC(=O)[C@H](CCCCNC(=O)CN1CCNCCNCCNCC1)NC(=O)CN1CCNCCNCCNCC1)C(=O)O. The van der Waals surface area contributed by atoms with Crippen LogP contribution in [0.15, 0.2) is 0 Å². The maximum absolute atomic E-state index is 14.1. The number of amides is 6. The minimum atomic E-state index is -1.26. The predicted molar refractivity (Wildman–Crippen MR) is 344 cm³/mol. The third-order valence-electron chi connectivity index (χ3n) is 15.8. The number of nitrogens with one attached hydrogen (secondary N) is 18. The van der Waals surface area contributed by atoms with Gasteiger partial charge in [-0.1, -0.05) is 0 Å². The smallest absolute Gasteiger partial charge is 0.326 e. The van der Waals surface area contributed by atoms with E-state index in [0.29, 0.717) is 110 Å². The lowest BCUT2D eigenvalue weighted by Crippen LogP contribution is -2.53. The maximum atomic E-state index is 14.1. The molecule has 30 heteroatoms. The first-order valence-corrected chi connectivity index (χ1v) is 33.4. The van der Waals surface area contributed by atoms with Crippen molar-refractivity contribution in [3.05, 3.63) is 0 Å². The summed E-state index contributed by atoms with van der Waals surface area (Å²) in [6.07, 6.45) is 3.56. The van der Waals surface area contributed by atoms with Gasteiger partial charge in [0, 0.05) is 229 Å². The zero-order chi connectivity index (χ0) is 62.8. The Hall–Kier alpha value is -4.35. The van der Waals surface area contributed by atoms with Crippen LogP contribution in [0.4, 0.5) is 0 Å². The molecule has 4 aliphatic heterocycles. The molecule has 0 aliphatic carbocycles. The molecule has 19 N–H and O–H groups in total. The highest BCUT2D eigenvalue weighted by atomic mass is 16.4. The van der Waals surface area contributed by atoms with Crippen molar-refractivity contribution in [1.29, 1.82) is 0 Å². The Kier molecular flexibility index (Phi) is 44.4. The fraction of sp³-hybridized carbons (Fsp3) is 0.879. The van der Waals surface area contributed by atoms with Gasteiger partial charge in [-0.2, -0.15) is 0 Å². The molecule has 4 heterocycles. The van der Waals surface area contributed by atoms with E-state index in [9.17, 15) is 38.7 Å². The topological polar surface area (TPSA) is 369 Å². The van der Waals surface area contributed by atoms with Gasteiger partial charge >= 0.3 is 5.97 Å². The molecule has 0 aromatic rings. The number of nitrogens with zero attached hydrogens (tertiary/aromatic N) is 4. The van der Waals surface area contributed by atoms with Gasteiger partial charge in [-0.05, 0) is 57.8 Å². The summed E-state index contributed by atoms with van der Waals surface area (Å²) in [5.41, 5.74) is 0.